The zero-order valence-corrected chi connectivity index (χ0v) is 11.1. The molecule has 0 saturated carbocycles. The van der Waals surface area contributed by atoms with Crippen molar-refractivity contribution in [1.82, 2.24) is 9.97 Å². The van der Waals surface area contributed by atoms with E-state index in [9.17, 15) is 8.78 Å². The number of hydrogen-bond donors (Lipinski definition) is 1. The predicted octanol–water partition coefficient (Wildman–Crippen LogP) is 3.47. The van der Waals surface area contributed by atoms with Crippen molar-refractivity contribution in [3.8, 4) is 11.3 Å². The van der Waals surface area contributed by atoms with Gasteiger partial charge in [-0.3, -0.25) is 0 Å². The van der Waals surface area contributed by atoms with E-state index in [0.717, 1.165) is 0 Å². The Morgan fingerprint density at radius 2 is 1.89 bits per heavy atom. The minimum Gasteiger partial charge on any atom is -0.370 e. The zero-order chi connectivity index (χ0) is 14.0. The molecule has 0 aliphatic heterocycles. The minimum absolute atomic E-state index is 0.107. The maximum Gasteiger partial charge on any atom is 0.138 e. The van der Waals surface area contributed by atoms with E-state index in [-0.39, 0.29) is 11.3 Å². The molecule has 0 bridgehead atoms. The molecule has 2 aromatic rings. The highest BCUT2D eigenvalue weighted by atomic mass is 19.1. The highest BCUT2D eigenvalue weighted by Gasteiger charge is 2.16. The van der Waals surface area contributed by atoms with Gasteiger partial charge in [0, 0.05) is 12.6 Å². The number of aromatic nitrogens is 2. The molecule has 5 heteroatoms. The van der Waals surface area contributed by atoms with E-state index in [2.05, 4.69) is 15.3 Å². The first-order chi connectivity index (χ1) is 9.02. The lowest BCUT2D eigenvalue weighted by atomic mass is 10.1. The summed E-state index contributed by atoms with van der Waals surface area (Å²) in [6.45, 7) is 5.88. The van der Waals surface area contributed by atoms with Crippen molar-refractivity contribution in [2.75, 3.05) is 11.9 Å². The maximum absolute atomic E-state index is 14.1. The first kappa shape index (κ1) is 13.4. The Kier molecular flexibility index (Phi) is 3.74. The van der Waals surface area contributed by atoms with Crippen LogP contribution in [0.15, 0.2) is 18.2 Å². The van der Waals surface area contributed by atoms with Crippen LogP contribution in [-0.2, 0) is 0 Å². The number of anilines is 1. The fourth-order valence-electron chi connectivity index (χ4n) is 1.86. The van der Waals surface area contributed by atoms with Crippen LogP contribution in [0.1, 0.15) is 18.3 Å². The summed E-state index contributed by atoms with van der Waals surface area (Å²) in [6, 6.07) is 4.21. The van der Waals surface area contributed by atoms with Gasteiger partial charge in [0.05, 0.1) is 11.3 Å². The van der Waals surface area contributed by atoms with E-state index >= 15 is 0 Å². The summed E-state index contributed by atoms with van der Waals surface area (Å²) in [5.74, 6) is -0.178. The highest BCUT2D eigenvalue weighted by molar-refractivity contribution is 5.64. The molecule has 19 heavy (non-hydrogen) atoms. The van der Waals surface area contributed by atoms with Gasteiger partial charge in [-0.15, -0.1) is 0 Å². The van der Waals surface area contributed by atoms with Crippen molar-refractivity contribution >= 4 is 5.82 Å². The second kappa shape index (κ2) is 5.30. The molecule has 0 saturated heterocycles. The first-order valence-corrected chi connectivity index (χ1v) is 6.07. The molecule has 1 aromatic heterocycles. The fraction of sp³-hybridized carbons (Fsp3) is 0.286. The Morgan fingerprint density at radius 1 is 1.16 bits per heavy atom. The van der Waals surface area contributed by atoms with Crippen LogP contribution < -0.4 is 5.32 Å². The quantitative estimate of drug-likeness (QED) is 0.921. The summed E-state index contributed by atoms with van der Waals surface area (Å²) in [6.07, 6.45) is 0. The second-order valence-corrected chi connectivity index (χ2v) is 4.27. The van der Waals surface area contributed by atoms with Crippen molar-refractivity contribution in [2.45, 2.75) is 20.8 Å². The molecule has 1 aromatic carbocycles. The average Bonchev–Trinajstić information content (AvgIpc) is 2.34. The van der Waals surface area contributed by atoms with Gasteiger partial charge in [0.25, 0.3) is 0 Å². The van der Waals surface area contributed by atoms with Crippen molar-refractivity contribution < 1.29 is 8.78 Å². The van der Waals surface area contributed by atoms with Gasteiger partial charge in [0.2, 0.25) is 0 Å². The summed E-state index contributed by atoms with van der Waals surface area (Å²) >= 11 is 0. The van der Waals surface area contributed by atoms with Crippen LogP contribution in [0, 0.1) is 25.5 Å². The van der Waals surface area contributed by atoms with Gasteiger partial charge in [-0.1, -0.05) is 6.07 Å². The normalized spacial score (nSPS) is 10.6. The Hall–Kier alpha value is -2.04. The Balaban J connectivity index is 2.62. The van der Waals surface area contributed by atoms with Gasteiger partial charge >= 0.3 is 0 Å². The van der Waals surface area contributed by atoms with E-state index in [1.165, 1.54) is 12.1 Å². The number of hydrogen-bond acceptors (Lipinski definition) is 3. The summed E-state index contributed by atoms with van der Waals surface area (Å²) in [7, 11) is 0. The van der Waals surface area contributed by atoms with Crippen LogP contribution >= 0.6 is 0 Å². The topological polar surface area (TPSA) is 37.8 Å². The summed E-state index contributed by atoms with van der Waals surface area (Å²) in [5, 5.41) is 3.02. The lowest BCUT2D eigenvalue weighted by Gasteiger charge is -2.10. The van der Waals surface area contributed by atoms with E-state index in [1.54, 1.807) is 19.9 Å². The molecule has 2 rings (SSSR count). The molecule has 0 aliphatic carbocycles. The number of halogens is 2. The Bertz CT molecular complexity index is 612. The van der Waals surface area contributed by atoms with Crippen LogP contribution in [0.3, 0.4) is 0 Å². The van der Waals surface area contributed by atoms with Gasteiger partial charge in [0.1, 0.15) is 23.3 Å². The molecule has 0 amide bonds. The lowest BCUT2D eigenvalue weighted by molar-refractivity contribution is 0.582. The van der Waals surface area contributed by atoms with Crippen molar-refractivity contribution in [3.05, 3.63) is 41.2 Å². The van der Waals surface area contributed by atoms with Crippen LogP contribution in [0.25, 0.3) is 11.3 Å². The third-order valence-electron chi connectivity index (χ3n) is 2.74. The summed E-state index contributed by atoms with van der Waals surface area (Å²) in [5.41, 5.74) is 0.532. The maximum atomic E-state index is 14.1. The molecular formula is C14H15F2N3. The van der Waals surface area contributed by atoms with Gasteiger partial charge in [-0.25, -0.2) is 18.7 Å². The molecule has 0 unspecified atom stereocenters. The zero-order valence-electron chi connectivity index (χ0n) is 11.1. The third kappa shape index (κ3) is 2.70. The molecule has 0 spiro atoms. The highest BCUT2D eigenvalue weighted by Crippen LogP contribution is 2.27. The molecule has 0 fully saturated rings. The second-order valence-electron chi connectivity index (χ2n) is 4.27. The number of nitrogens with one attached hydrogen (secondary N) is 1. The van der Waals surface area contributed by atoms with Crippen LogP contribution in [0.2, 0.25) is 0 Å². The largest absolute Gasteiger partial charge is 0.370 e. The molecule has 0 radical (unpaired) electrons. The molecule has 3 nitrogen and oxygen atoms in total. The first-order valence-electron chi connectivity index (χ1n) is 6.07. The number of nitrogens with zero attached hydrogens (tertiary/aromatic N) is 2. The van der Waals surface area contributed by atoms with Crippen LogP contribution in [-0.4, -0.2) is 16.5 Å². The Labute approximate surface area is 110 Å². The number of benzene rings is 1. The minimum atomic E-state index is -0.622. The van der Waals surface area contributed by atoms with E-state index in [0.29, 0.717) is 23.8 Å². The molecule has 1 heterocycles. The van der Waals surface area contributed by atoms with Gasteiger partial charge in [-0.05, 0) is 32.4 Å². The van der Waals surface area contributed by atoms with E-state index in [1.807, 2.05) is 6.92 Å². The van der Waals surface area contributed by atoms with Gasteiger partial charge < -0.3 is 5.32 Å². The van der Waals surface area contributed by atoms with E-state index in [4.69, 9.17) is 0 Å². The lowest BCUT2D eigenvalue weighted by Crippen LogP contribution is -2.04. The van der Waals surface area contributed by atoms with E-state index < -0.39 is 11.6 Å². The fourth-order valence-corrected chi connectivity index (χ4v) is 1.86. The monoisotopic (exact) mass is 263 g/mol. The average molecular weight is 263 g/mol. The van der Waals surface area contributed by atoms with Gasteiger partial charge in [-0.2, -0.15) is 0 Å². The van der Waals surface area contributed by atoms with Crippen molar-refractivity contribution in [1.29, 1.82) is 0 Å². The van der Waals surface area contributed by atoms with Crippen molar-refractivity contribution in [3.63, 3.8) is 0 Å². The SMILES string of the molecule is CCNc1cc(-c2c(F)ccc(C)c2F)nc(C)n1. The summed E-state index contributed by atoms with van der Waals surface area (Å²) < 4.78 is 27.9. The molecule has 1 N–H and O–H groups in total. The van der Waals surface area contributed by atoms with Crippen molar-refractivity contribution in [2.24, 2.45) is 0 Å². The van der Waals surface area contributed by atoms with Crippen LogP contribution in [0.5, 0.6) is 0 Å². The molecular weight excluding hydrogens is 248 g/mol. The Morgan fingerprint density at radius 3 is 2.58 bits per heavy atom. The molecule has 0 atom stereocenters. The third-order valence-corrected chi connectivity index (χ3v) is 2.74. The smallest absolute Gasteiger partial charge is 0.138 e. The summed E-state index contributed by atoms with van der Waals surface area (Å²) in [4.78, 5) is 8.28. The van der Waals surface area contributed by atoms with Gasteiger partial charge in [0.15, 0.2) is 0 Å². The number of rotatable bonds is 3. The van der Waals surface area contributed by atoms with Crippen LogP contribution in [0.4, 0.5) is 14.6 Å². The molecule has 100 valence electrons. The predicted molar refractivity (Wildman–Crippen MR) is 71.0 cm³/mol. The number of aryl methyl sites for hydroxylation is 2. The molecule has 0 aliphatic rings. The standard InChI is InChI=1S/C14H15F2N3/c1-4-17-12-7-11(18-9(3)19-12)13-10(15)6-5-8(2)14(13)16/h5-7H,4H2,1-3H3,(H,17,18,19).